The van der Waals surface area contributed by atoms with Crippen molar-refractivity contribution in [1.82, 2.24) is 5.32 Å². The molecule has 0 aliphatic heterocycles. The maximum Gasteiger partial charge on any atom is 0.0681 e. The molecule has 4 aliphatic carbocycles. The molecule has 3 atom stereocenters. The normalized spacial score (nSPS) is 37.7. The second-order valence-corrected chi connectivity index (χ2v) is 7.74. The first-order valence-corrected chi connectivity index (χ1v) is 8.72. The predicted molar refractivity (Wildman–Crippen MR) is 84.7 cm³/mol. The van der Waals surface area contributed by atoms with Crippen LogP contribution in [0.1, 0.15) is 49.7 Å². The predicted octanol–water partition coefficient (Wildman–Crippen LogP) is 3.48. The van der Waals surface area contributed by atoms with E-state index in [0.29, 0.717) is 0 Å². The Hall–Kier alpha value is -0.860. The molecule has 0 amide bonds. The third kappa shape index (κ3) is 2.89. The van der Waals surface area contributed by atoms with Crippen LogP contribution >= 0.6 is 0 Å². The van der Waals surface area contributed by atoms with Crippen molar-refractivity contribution in [2.75, 3.05) is 0 Å². The molecule has 4 aliphatic rings. The van der Waals surface area contributed by atoms with E-state index in [1.54, 1.807) is 0 Å². The zero-order valence-electron chi connectivity index (χ0n) is 12.8. The molecule has 21 heavy (non-hydrogen) atoms. The Labute approximate surface area is 128 Å². The molecule has 1 aromatic rings. The van der Waals surface area contributed by atoms with Crippen LogP contribution in [-0.4, -0.2) is 11.1 Å². The molecule has 2 heteroatoms. The quantitative estimate of drug-likeness (QED) is 0.887. The third-order valence-corrected chi connectivity index (χ3v) is 6.17. The number of hydrogen-bond acceptors (Lipinski definition) is 2. The van der Waals surface area contributed by atoms with Crippen LogP contribution in [-0.2, 0) is 13.2 Å². The van der Waals surface area contributed by atoms with Gasteiger partial charge in [0.2, 0.25) is 0 Å². The van der Waals surface area contributed by atoms with E-state index >= 15 is 0 Å². The van der Waals surface area contributed by atoms with Gasteiger partial charge >= 0.3 is 0 Å². The zero-order valence-corrected chi connectivity index (χ0v) is 12.8. The fraction of sp³-hybridized carbons (Fsp3) is 0.684. The van der Waals surface area contributed by atoms with Gasteiger partial charge in [-0.15, -0.1) is 0 Å². The van der Waals surface area contributed by atoms with Gasteiger partial charge in [-0.2, -0.15) is 0 Å². The first kappa shape index (κ1) is 13.8. The van der Waals surface area contributed by atoms with Gasteiger partial charge < -0.3 is 10.4 Å². The van der Waals surface area contributed by atoms with E-state index in [9.17, 15) is 5.11 Å². The van der Waals surface area contributed by atoms with Crippen LogP contribution in [0.15, 0.2) is 24.3 Å². The van der Waals surface area contributed by atoms with Gasteiger partial charge in [-0.25, -0.2) is 0 Å². The fourth-order valence-corrected chi connectivity index (χ4v) is 5.45. The van der Waals surface area contributed by atoms with Crippen LogP contribution < -0.4 is 5.32 Å². The highest BCUT2D eigenvalue weighted by atomic mass is 16.3. The minimum Gasteiger partial charge on any atom is -0.392 e. The fourth-order valence-electron chi connectivity index (χ4n) is 5.45. The Morgan fingerprint density at radius 3 is 2.29 bits per heavy atom. The van der Waals surface area contributed by atoms with Crippen LogP contribution in [0.2, 0.25) is 0 Å². The maximum atomic E-state index is 9.25. The highest BCUT2D eigenvalue weighted by Gasteiger charge is 2.43. The van der Waals surface area contributed by atoms with Gasteiger partial charge in [0.15, 0.2) is 0 Å². The SMILES string of the molecule is OCc1cccc(CNC2CC3CC4CC(C3)CC2C4)c1. The molecule has 0 spiro atoms. The summed E-state index contributed by atoms with van der Waals surface area (Å²) in [7, 11) is 0. The van der Waals surface area contributed by atoms with Crippen LogP contribution in [0, 0.1) is 23.7 Å². The van der Waals surface area contributed by atoms with Gasteiger partial charge in [0.1, 0.15) is 0 Å². The maximum absolute atomic E-state index is 9.25. The summed E-state index contributed by atoms with van der Waals surface area (Å²) in [5.74, 6) is 3.99. The lowest BCUT2D eigenvalue weighted by molar-refractivity contribution is 0.129. The Balaban J connectivity index is 1.42. The molecule has 2 N–H and O–H groups in total. The summed E-state index contributed by atoms with van der Waals surface area (Å²) in [5, 5.41) is 13.1. The number of aliphatic hydroxyl groups is 1. The molecule has 4 saturated carbocycles. The Morgan fingerprint density at radius 2 is 1.57 bits per heavy atom. The van der Waals surface area contributed by atoms with Crippen molar-refractivity contribution in [2.45, 2.75) is 57.7 Å². The minimum atomic E-state index is 0.144. The Kier molecular flexibility index (Phi) is 3.76. The van der Waals surface area contributed by atoms with E-state index in [2.05, 4.69) is 23.5 Å². The van der Waals surface area contributed by atoms with Crippen molar-refractivity contribution in [1.29, 1.82) is 0 Å². The average molecular weight is 285 g/mol. The summed E-state index contributed by atoms with van der Waals surface area (Å²) < 4.78 is 0. The summed E-state index contributed by atoms with van der Waals surface area (Å²) in [5.41, 5.74) is 2.33. The molecule has 1 aromatic carbocycles. The molecule has 2 nitrogen and oxygen atoms in total. The van der Waals surface area contributed by atoms with Gasteiger partial charge in [0, 0.05) is 12.6 Å². The number of hydrogen-bond donors (Lipinski definition) is 2. The summed E-state index contributed by atoms with van der Waals surface area (Å²) in [6, 6.07) is 9.08. The second kappa shape index (κ2) is 5.73. The lowest BCUT2D eigenvalue weighted by atomic mass is 9.67. The van der Waals surface area contributed by atoms with E-state index in [0.717, 1.165) is 41.8 Å². The van der Waals surface area contributed by atoms with Crippen molar-refractivity contribution in [3.8, 4) is 0 Å². The molecule has 5 rings (SSSR count). The molecule has 4 bridgehead atoms. The minimum absolute atomic E-state index is 0.144. The largest absolute Gasteiger partial charge is 0.392 e. The number of fused-ring (bicyclic) bond motifs is 1. The van der Waals surface area contributed by atoms with Crippen LogP contribution in [0.3, 0.4) is 0 Å². The molecule has 3 unspecified atom stereocenters. The molecule has 114 valence electrons. The molecular formula is C19H27NO. The van der Waals surface area contributed by atoms with E-state index in [-0.39, 0.29) is 6.61 Å². The highest BCUT2D eigenvalue weighted by Crippen LogP contribution is 2.51. The monoisotopic (exact) mass is 285 g/mol. The Bertz CT molecular complexity index is 486. The molecular weight excluding hydrogens is 258 g/mol. The van der Waals surface area contributed by atoms with Crippen LogP contribution in [0.4, 0.5) is 0 Å². The number of benzene rings is 1. The summed E-state index contributed by atoms with van der Waals surface area (Å²) in [6.07, 6.45) is 8.88. The first-order chi connectivity index (χ1) is 10.3. The molecule has 0 heterocycles. The van der Waals surface area contributed by atoms with Crippen molar-refractivity contribution < 1.29 is 5.11 Å². The van der Waals surface area contributed by atoms with Gasteiger partial charge in [-0.05, 0) is 73.3 Å². The smallest absolute Gasteiger partial charge is 0.0681 e. The van der Waals surface area contributed by atoms with Gasteiger partial charge in [0.25, 0.3) is 0 Å². The van der Waals surface area contributed by atoms with E-state index in [4.69, 9.17) is 0 Å². The van der Waals surface area contributed by atoms with E-state index in [1.165, 1.54) is 44.1 Å². The van der Waals surface area contributed by atoms with Crippen LogP contribution in [0.25, 0.3) is 0 Å². The molecule has 0 radical (unpaired) electrons. The van der Waals surface area contributed by atoms with Crippen molar-refractivity contribution in [2.24, 2.45) is 23.7 Å². The summed E-state index contributed by atoms with van der Waals surface area (Å²) >= 11 is 0. The van der Waals surface area contributed by atoms with E-state index in [1.807, 2.05) is 6.07 Å². The Morgan fingerprint density at radius 1 is 0.905 bits per heavy atom. The zero-order chi connectivity index (χ0) is 14.2. The average Bonchev–Trinajstić information content (AvgIpc) is 2.69. The van der Waals surface area contributed by atoms with E-state index < -0.39 is 0 Å². The van der Waals surface area contributed by atoms with Crippen LogP contribution in [0.5, 0.6) is 0 Å². The van der Waals surface area contributed by atoms with Gasteiger partial charge in [-0.1, -0.05) is 24.3 Å². The number of aliphatic hydroxyl groups excluding tert-OH is 1. The van der Waals surface area contributed by atoms with Crippen molar-refractivity contribution >= 4 is 0 Å². The van der Waals surface area contributed by atoms with Crippen molar-refractivity contribution in [3.05, 3.63) is 35.4 Å². The number of rotatable bonds is 4. The number of nitrogens with one attached hydrogen (secondary N) is 1. The first-order valence-electron chi connectivity index (χ1n) is 8.72. The summed E-state index contributed by atoms with van der Waals surface area (Å²) in [6.45, 7) is 1.10. The lowest BCUT2D eigenvalue weighted by Crippen LogP contribution is -2.37. The lowest BCUT2D eigenvalue weighted by Gasteiger charge is -2.39. The van der Waals surface area contributed by atoms with Gasteiger partial charge in [-0.3, -0.25) is 0 Å². The highest BCUT2D eigenvalue weighted by molar-refractivity contribution is 5.22. The topological polar surface area (TPSA) is 32.3 Å². The second-order valence-electron chi connectivity index (χ2n) is 7.74. The molecule has 0 aromatic heterocycles. The molecule has 4 fully saturated rings. The van der Waals surface area contributed by atoms with Crippen molar-refractivity contribution in [3.63, 3.8) is 0 Å². The third-order valence-electron chi connectivity index (χ3n) is 6.17. The van der Waals surface area contributed by atoms with Gasteiger partial charge in [0.05, 0.1) is 6.61 Å². The molecule has 0 saturated heterocycles. The standard InChI is InChI=1S/C19H27NO/c21-12-14-3-1-2-13(4-14)11-20-19-10-17-6-15-5-16(7-17)9-18(19)8-15/h1-4,15-21H,5-12H2. The summed E-state index contributed by atoms with van der Waals surface area (Å²) in [4.78, 5) is 0.